The molecular formula is C28H50O. The zero-order valence-electron chi connectivity index (χ0n) is 20.4. The Morgan fingerprint density at radius 1 is 1.03 bits per heavy atom. The van der Waals surface area contributed by atoms with Crippen LogP contribution in [0.25, 0.3) is 0 Å². The fourth-order valence-electron chi connectivity index (χ4n) is 7.91. The van der Waals surface area contributed by atoms with Crippen molar-refractivity contribution in [2.45, 2.75) is 118 Å². The summed E-state index contributed by atoms with van der Waals surface area (Å²) in [5.41, 5.74) is 1.00. The lowest BCUT2D eigenvalue weighted by Gasteiger charge is -2.55. The van der Waals surface area contributed by atoms with Crippen molar-refractivity contribution in [3.05, 3.63) is 12.2 Å². The molecule has 0 aliphatic heterocycles. The number of allylic oxidation sites excluding steroid dienone is 2. The monoisotopic (exact) mass is 402 g/mol. The first-order valence-electron chi connectivity index (χ1n) is 13.0. The Kier molecular flexibility index (Phi) is 7.62. The van der Waals surface area contributed by atoms with E-state index in [1.807, 2.05) is 0 Å². The van der Waals surface area contributed by atoms with Crippen molar-refractivity contribution < 1.29 is 5.11 Å². The van der Waals surface area contributed by atoms with Gasteiger partial charge in [-0.05, 0) is 104 Å². The number of aliphatic hydroxyl groups is 1. The first-order chi connectivity index (χ1) is 13.7. The van der Waals surface area contributed by atoms with Gasteiger partial charge in [-0.2, -0.15) is 0 Å². The third kappa shape index (κ3) is 5.13. The van der Waals surface area contributed by atoms with Gasteiger partial charge in [0.25, 0.3) is 0 Å². The standard InChI is InChI=1S/C28H50O/c1-20(2)9-7-10-21(3)25-11-8-16-27(25,5)17-15-26-22(4)12-13-23-19-24(29)14-18-28(23,26)6/h7,10,20-26,29H,8-9,11-19H2,1-6H3/b10-7+/t21-,22?,23?,24?,25?,26?,27-,28+/m1/s1. The molecule has 3 aliphatic carbocycles. The van der Waals surface area contributed by atoms with Crippen molar-refractivity contribution in [3.63, 3.8) is 0 Å². The number of hydrogen-bond donors (Lipinski definition) is 1. The van der Waals surface area contributed by atoms with Crippen LogP contribution in [-0.4, -0.2) is 11.2 Å². The largest absolute Gasteiger partial charge is 0.393 e. The number of hydrogen-bond acceptors (Lipinski definition) is 1. The van der Waals surface area contributed by atoms with Gasteiger partial charge in [-0.3, -0.25) is 0 Å². The van der Waals surface area contributed by atoms with E-state index in [1.54, 1.807) is 0 Å². The molecular weight excluding hydrogens is 352 g/mol. The summed E-state index contributed by atoms with van der Waals surface area (Å²) >= 11 is 0. The number of aliphatic hydroxyl groups excluding tert-OH is 1. The molecule has 3 fully saturated rings. The first-order valence-corrected chi connectivity index (χ1v) is 13.0. The van der Waals surface area contributed by atoms with Gasteiger partial charge in [0.05, 0.1) is 6.10 Å². The predicted octanol–water partition coefficient (Wildman–Crippen LogP) is 8.02. The van der Waals surface area contributed by atoms with Crippen molar-refractivity contribution in [1.82, 2.24) is 0 Å². The molecule has 8 atom stereocenters. The molecule has 0 radical (unpaired) electrons. The van der Waals surface area contributed by atoms with E-state index in [0.717, 1.165) is 48.3 Å². The van der Waals surface area contributed by atoms with Crippen molar-refractivity contribution in [3.8, 4) is 0 Å². The number of fused-ring (bicyclic) bond motifs is 1. The summed E-state index contributed by atoms with van der Waals surface area (Å²) in [5.74, 6) is 4.83. The van der Waals surface area contributed by atoms with Crippen LogP contribution in [0.1, 0.15) is 112 Å². The maximum atomic E-state index is 10.3. The zero-order chi connectivity index (χ0) is 21.2. The highest BCUT2D eigenvalue weighted by molar-refractivity contribution is 5.02. The minimum Gasteiger partial charge on any atom is -0.393 e. The summed E-state index contributed by atoms with van der Waals surface area (Å²) in [5, 5.41) is 10.3. The second-order valence-corrected chi connectivity index (χ2v) is 12.4. The third-order valence-corrected chi connectivity index (χ3v) is 9.88. The average molecular weight is 403 g/mol. The molecule has 1 nitrogen and oxygen atoms in total. The van der Waals surface area contributed by atoms with Crippen LogP contribution in [0.4, 0.5) is 0 Å². The molecule has 3 saturated carbocycles. The summed E-state index contributed by atoms with van der Waals surface area (Å²) in [6, 6.07) is 0. The van der Waals surface area contributed by atoms with Crippen LogP contribution in [0.5, 0.6) is 0 Å². The van der Waals surface area contributed by atoms with Crippen LogP contribution in [0.15, 0.2) is 12.2 Å². The molecule has 29 heavy (non-hydrogen) atoms. The third-order valence-electron chi connectivity index (χ3n) is 9.88. The molecule has 0 aromatic heterocycles. The second kappa shape index (κ2) is 9.46. The molecule has 0 aromatic rings. The molecule has 0 heterocycles. The van der Waals surface area contributed by atoms with Gasteiger partial charge in [-0.1, -0.05) is 66.5 Å². The predicted molar refractivity (Wildman–Crippen MR) is 126 cm³/mol. The molecule has 0 amide bonds. The molecule has 1 N–H and O–H groups in total. The van der Waals surface area contributed by atoms with Crippen LogP contribution in [0.2, 0.25) is 0 Å². The van der Waals surface area contributed by atoms with Gasteiger partial charge in [0, 0.05) is 0 Å². The summed E-state index contributed by atoms with van der Waals surface area (Å²) in [7, 11) is 0. The minimum atomic E-state index is -0.0302. The normalized spacial score (nSPS) is 44.3. The summed E-state index contributed by atoms with van der Waals surface area (Å²) < 4.78 is 0. The molecule has 3 aliphatic rings. The molecule has 1 heteroatoms. The lowest BCUT2D eigenvalue weighted by atomic mass is 9.51. The molecule has 0 saturated heterocycles. The quantitative estimate of drug-likeness (QED) is 0.427. The molecule has 168 valence electrons. The first kappa shape index (κ1) is 23.4. The van der Waals surface area contributed by atoms with Crippen LogP contribution >= 0.6 is 0 Å². The van der Waals surface area contributed by atoms with Gasteiger partial charge < -0.3 is 5.11 Å². The maximum absolute atomic E-state index is 10.3. The van der Waals surface area contributed by atoms with E-state index in [-0.39, 0.29) is 6.10 Å². The van der Waals surface area contributed by atoms with E-state index in [0.29, 0.717) is 10.8 Å². The summed E-state index contributed by atoms with van der Waals surface area (Å²) in [6.45, 7) is 14.9. The Morgan fingerprint density at radius 3 is 2.52 bits per heavy atom. The highest BCUT2D eigenvalue weighted by Gasteiger charge is 2.50. The van der Waals surface area contributed by atoms with Gasteiger partial charge >= 0.3 is 0 Å². The van der Waals surface area contributed by atoms with E-state index in [4.69, 9.17) is 0 Å². The van der Waals surface area contributed by atoms with Crippen LogP contribution < -0.4 is 0 Å². The van der Waals surface area contributed by atoms with Crippen LogP contribution in [0.3, 0.4) is 0 Å². The van der Waals surface area contributed by atoms with E-state index in [1.165, 1.54) is 57.8 Å². The Balaban J connectivity index is 1.65. The van der Waals surface area contributed by atoms with Gasteiger partial charge in [-0.25, -0.2) is 0 Å². The molecule has 5 unspecified atom stereocenters. The van der Waals surface area contributed by atoms with Crippen LogP contribution in [0, 0.1) is 46.3 Å². The summed E-state index contributed by atoms with van der Waals surface area (Å²) in [6.07, 6.45) is 19.4. The van der Waals surface area contributed by atoms with Gasteiger partial charge in [0.15, 0.2) is 0 Å². The fraction of sp³-hybridized carbons (Fsp3) is 0.929. The summed E-state index contributed by atoms with van der Waals surface area (Å²) in [4.78, 5) is 0. The second-order valence-electron chi connectivity index (χ2n) is 12.4. The van der Waals surface area contributed by atoms with Crippen molar-refractivity contribution in [1.29, 1.82) is 0 Å². The average Bonchev–Trinajstić information content (AvgIpc) is 3.03. The Labute approximate surface area is 182 Å². The van der Waals surface area contributed by atoms with Crippen LogP contribution in [-0.2, 0) is 0 Å². The molecule has 0 spiro atoms. The molecule has 3 rings (SSSR count). The Hall–Kier alpha value is -0.300. The van der Waals surface area contributed by atoms with Gasteiger partial charge in [0.2, 0.25) is 0 Å². The lowest BCUT2D eigenvalue weighted by molar-refractivity contribution is -0.0746. The van der Waals surface area contributed by atoms with E-state index in [9.17, 15) is 5.11 Å². The van der Waals surface area contributed by atoms with E-state index in [2.05, 4.69) is 53.7 Å². The van der Waals surface area contributed by atoms with Crippen molar-refractivity contribution >= 4 is 0 Å². The fourth-order valence-corrected chi connectivity index (χ4v) is 7.91. The van der Waals surface area contributed by atoms with Crippen molar-refractivity contribution in [2.75, 3.05) is 0 Å². The van der Waals surface area contributed by atoms with Gasteiger partial charge in [0.1, 0.15) is 0 Å². The zero-order valence-corrected chi connectivity index (χ0v) is 20.4. The molecule has 0 aromatic carbocycles. The Morgan fingerprint density at radius 2 is 1.79 bits per heavy atom. The minimum absolute atomic E-state index is 0.0302. The van der Waals surface area contributed by atoms with E-state index < -0.39 is 0 Å². The molecule has 0 bridgehead atoms. The highest BCUT2D eigenvalue weighted by atomic mass is 16.3. The van der Waals surface area contributed by atoms with Gasteiger partial charge in [-0.15, -0.1) is 0 Å². The smallest absolute Gasteiger partial charge is 0.0543 e. The SMILES string of the molecule is CC(C)C/C=C/[C@@H](C)C1CCC[C@]1(C)CCC1C(C)CCC2CC(O)CC[C@@]21C. The highest BCUT2D eigenvalue weighted by Crippen LogP contribution is 2.58. The van der Waals surface area contributed by atoms with E-state index >= 15 is 0 Å². The topological polar surface area (TPSA) is 20.2 Å². The lowest BCUT2D eigenvalue weighted by Crippen LogP contribution is -2.47. The number of rotatable bonds is 7. The maximum Gasteiger partial charge on any atom is 0.0543 e. The van der Waals surface area contributed by atoms with Crippen molar-refractivity contribution in [2.24, 2.45) is 46.3 Å². The Bertz CT molecular complexity index is 551.